The van der Waals surface area contributed by atoms with E-state index in [0.717, 1.165) is 52.4 Å². The molecule has 31 heavy (non-hydrogen) atoms. The van der Waals surface area contributed by atoms with Crippen molar-refractivity contribution in [2.45, 2.75) is 32.6 Å². The minimum Gasteiger partial charge on any atom is -0.354 e. The van der Waals surface area contributed by atoms with Crippen LogP contribution >= 0.6 is 0 Å². The van der Waals surface area contributed by atoms with E-state index in [9.17, 15) is 8.42 Å². The fourth-order valence-electron chi connectivity index (χ4n) is 3.69. The van der Waals surface area contributed by atoms with Crippen molar-refractivity contribution >= 4 is 48.9 Å². The van der Waals surface area contributed by atoms with Gasteiger partial charge in [-0.3, -0.25) is 4.72 Å². The molecule has 0 aliphatic heterocycles. The Morgan fingerprint density at radius 3 is 1.94 bits per heavy atom. The highest BCUT2D eigenvalue weighted by Crippen LogP contribution is 2.33. The van der Waals surface area contributed by atoms with Gasteiger partial charge in [0.05, 0.1) is 22.5 Å². The van der Waals surface area contributed by atoms with Gasteiger partial charge in [0.15, 0.2) is 0 Å². The maximum atomic E-state index is 12.3. The number of para-hydroxylation sites is 2. The summed E-state index contributed by atoms with van der Waals surface area (Å²) in [6, 6.07) is 23.4. The summed E-state index contributed by atoms with van der Waals surface area (Å²) in [4.78, 5) is 4.75. The highest BCUT2D eigenvalue weighted by molar-refractivity contribution is 7.92. The normalized spacial score (nSPS) is 11.6. The van der Waals surface area contributed by atoms with Crippen molar-refractivity contribution < 1.29 is 8.42 Å². The molecule has 0 fully saturated rings. The van der Waals surface area contributed by atoms with Crippen molar-refractivity contribution in [3.05, 3.63) is 72.8 Å². The fourth-order valence-corrected chi connectivity index (χ4v) is 4.87. The van der Waals surface area contributed by atoms with Gasteiger partial charge in [-0.2, -0.15) is 0 Å². The van der Waals surface area contributed by atoms with Crippen molar-refractivity contribution in [2.24, 2.45) is 0 Å². The van der Waals surface area contributed by atoms with Gasteiger partial charge in [0.25, 0.3) is 0 Å². The van der Waals surface area contributed by atoms with Crippen LogP contribution in [0.25, 0.3) is 21.8 Å². The fraction of sp³-hybridized carbons (Fsp3) is 0.240. The van der Waals surface area contributed by atoms with E-state index in [1.165, 1.54) is 0 Å². The minimum atomic E-state index is -3.32. The van der Waals surface area contributed by atoms with E-state index in [4.69, 9.17) is 4.98 Å². The average molecular weight is 434 g/mol. The van der Waals surface area contributed by atoms with Gasteiger partial charge in [-0.25, -0.2) is 13.4 Å². The number of nitrogens with one attached hydrogen (secondary N) is 2. The number of rotatable bonds is 9. The highest BCUT2D eigenvalue weighted by Gasteiger charge is 2.11. The first-order chi connectivity index (χ1) is 15.1. The van der Waals surface area contributed by atoms with Crippen LogP contribution in [0.1, 0.15) is 32.6 Å². The zero-order valence-electron chi connectivity index (χ0n) is 17.6. The molecule has 3 aromatic carbocycles. The molecular weight excluding hydrogens is 406 g/mol. The van der Waals surface area contributed by atoms with Gasteiger partial charge in [-0.05, 0) is 42.8 Å². The van der Waals surface area contributed by atoms with Gasteiger partial charge in [-0.1, -0.05) is 62.6 Å². The van der Waals surface area contributed by atoms with Gasteiger partial charge in [-0.15, -0.1) is 0 Å². The number of anilines is 3. The summed E-state index contributed by atoms with van der Waals surface area (Å²) in [5, 5.41) is 5.59. The predicted octanol–water partition coefficient (Wildman–Crippen LogP) is 6.45. The molecule has 0 radical (unpaired) electrons. The molecule has 0 spiro atoms. The molecule has 0 unspecified atom stereocenters. The smallest absolute Gasteiger partial charge is 0.232 e. The Kier molecular flexibility index (Phi) is 6.37. The maximum absolute atomic E-state index is 12.3. The summed E-state index contributed by atoms with van der Waals surface area (Å²) in [5.41, 5.74) is 4.30. The molecule has 0 saturated carbocycles. The van der Waals surface area contributed by atoms with Crippen LogP contribution in [0.15, 0.2) is 72.8 Å². The van der Waals surface area contributed by atoms with Gasteiger partial charge in [0.2, 0.25) is 10.0 Å². The summed E-state index contributed by atoms with van der Waals surface area (Å²) < 4.78 is 27.3. The Morgan fingerprint density at radius 2 is 1.32 bits per heavy atom. The maximum Gasteiger partial charge on any atom is 0.232 e. The summed E-state index contributed by atoms with van der Waals surface area (Å²) in [6.45, 7) is 2.11. The van der Waals surface area contributed by atoms with Gasteiger partial charge in [0, 0.05) is 22.1 Å². The van der Waals surface area contributed by atoms with Crippen LogP contribution in [-0.2, 0) is 10.0 Å². The van der Waals surface area contributed by atoms with Gasteiger partial charge in [0.1, 0.15) is 0 Å². The number of unbranched alkanes of at least 4 members (excludes halogenated alkanes) is 3. The molecule has 0 saturated heterocycles. The lowest BCUT2D eigenvalue weighted by molar-refractivity contribution is 0.594. The van der Waals surface area contributed by atoms with Crippen molar-refractivity contribution in [1.29, 1.82) is 0 Å². The van der Waals surface area contributed by atoms with E-state index in [-0.39, 0.29) is 5.75 Å². The Balaban J connectivity index is 1.55. The van der Waals surface area contributed by atoms with Gasteiger partial charge < -0.3 is 5.32 Å². The van der Waals surface area contributed by atoms with E-state index < -0.39 is 10.0 Å². The predicted molar refractivity (Wildman–Crippen MR) is 131 cm³/mol. The lowest BCUT2D eigenvalue weighted by atomic mass is 10.1. The average Bonchev–Trinajstić information content (AvgIpc) is 2.77. The van der Waals surface area contributed by atoms with E-state index >= 15 is 0 Å². The van der Waals surface area contributed by atoms with Crippen LogP contribution in [0.4, 0.5) is 17.1 Å². The number of hydrogen-bond donors (Lipinski definition) is 2. The van der Waals surface area contributed by atoms with Crippen molar-refractivity contribution in [3.63, 3.8) is 0 Å². The summed E-state index contributed by atoms with van der Waals surface area (Å²) in [7, 11) is -3.32. The monoisotopic (exact) mass is 433 g/mol. The van der Waals surface area contributed by atoms with Crippen molar-refractivity contribution in [1.82, 2.24) is 4.98 Å². The topological polar surface area (TPSA) is 71.1 Å². The Morgan fingerprint density at radius 1 is 0.742 bits per heavy atom. The first-order valence-electron chi connectivity index (χ1n) is 10.7. The first-order valence-corrected chi connectivity index (χ1v) is 12.4. The third-order valence-corrected chi connectivity index (χ3v) is 6.65. The van der Waals surface area contributed by atoms with Crippen molar-refractivity contribution in [3.8, 4) is 0 Å². The van der Waals surface area contributed by atoms with Crippen LogP contribution in [0.3, 0.4) is 0 Å². The molecule has 0 aliphatic rings. The molecule has 2 N–H and O–H groups in total. The molecule has 0 amide bonds. The van der Waals surface area contributed by atoms with Crippen LogP contribution < -0.4 is 10.0 Å². The Hall–Kier alpha value is -3.12. The molecule has 4 rings (SSSR count). The Labute approximate surface area is 183 Å². The van der Waals surface area contributed by atoms with E-state index in [0.29, 0.717) is 12.1 Å². The second kappa shape index (κ2) is 9.35. The molecule has 0 aliphatic carbocycles. The number of fused-ring (bicyclic) bond motifs is 2. The number of aromatic nitrogens is 1. The molecular formula is C25H27N3O2S. The molecule has 0 atom stereocenters. The molecule has 4 aromatic rings. The molecule has 160 valence electrons. The number of hydrogen-bond acceptors (Lipinski definition) is 4. The standard InChI is InChI=1S/C25H27N3O2S/c1-2-3-4-9-18-31(29,30)28-20-16-14-19(15-17-20)26-25-21-10-5-7-12-23(21)27-24-13-8-6-11-22(24)25/h5-8,10-17,28H,2-4,9,18H2,1H3,(H,26,27). The van der Waals surface area contributed by atoms with E-state index in [2.05, 4.69) is 29.1 Å². The van der Waals surface area contributed by atoms with Crippen LogP contribution in [0.2, 0.25) is 0 Å². The van der Waals surface area contributed by atoms with Crippen LogP contribution in [0.5, 0.6) is 0 Å². The lowest BCUT2D eigenvalue weighted by Crippen LogP contribution is -2.16. The quantitative estimate of drug-likeness (QED) is 0.235. The lowest BCUT2D eigenvalue weighted by Gasteiger charge is -2.14. The van der Waals surface area contributed by atoms with Crippen molar-refractivity contribution in [2.75, 3.05) is 15.8 Å². The second-order valence-electron chi connectivity index (χ2n) is 7.71. The largest absolute Gasteiger partial charge is 0.354 e. The third kappa shape index (κ3) is 5.14. The van der Waals surface area contributed by atoms with Crippen LogP contribution in [-0.4, -0.2) is 19.2 Å². The van der Waals surface area contributed by atoms with E-state index in [1.807, 2.05) is 48.5 Å². The first kappa shape index (κ1) is 21.1. The summed E-state index contributed by atoms with van der Waals surface area (Å²) in [5.74, 6) is 0.155. The summed E-state index contributed by atoms with van der Waals surface area (Å²) in [6.07, 6.45) is 3.78. The minimum absolute atomic E-state index is 0.155. The van der Waals surface area contributed by atoms with Crippen LogP contribution in [0, 0.1) is 0 Å². The SMILES string of the molecule is CCCCCCS(=O)(=O)Nc1ccc(Nc2c3ccccc3nc3ccccc23)cc1. The molecule has 6 heteroatoms. The van der Waals surface area contributed by atoms with Gasteiger partial charge >= 0.3 is 0 Å². The molecule has 5 nitrogen and oxygen atoms in total. The zero-order valence-corrected chi connectivity index (χ0v) is 18.5. The number of benzene rings is 3. The molecule has 0 bridgehead atoms. The number of nitrogens with zero attached hydrogens (tertiary/aromatic N) is 1. The second-order valence-corrected chi connectivity index (χ2v) is 9.55. The summed E-state index contributed by atoms with van der Waals surface area (Å²) >= 11 is 0. The zero-order chi connectivity index (χ0) is 21.7. The van der Waals surface area contributed by atoms with E-state index in [1.54, 1.807) is 12.1 Å². The number of pyridine rings is 1. The third-order valence-electron chi connectivity index (χ3n) is 5.28. The number of sulfonamides is 1. The highest BCUT2D eigenvalue weighted by atomic mass is 32.2. The molecule has 1 heterocycles. The Bertz CT molecular complexity index is 1230. The molecule has 1 aromatic heterocycles.